The lowest BCUT2D eigenvalue weighted by molar-refractivity contribution is 0.416. The summed E-state index contributed by atoms with van der Waals surface area (Å²) < 4.78 is 7.22. The molecule has 0 radical (unpaired) electrons. The third-order valence-corrected chi connectivity index (χ3v) is 5.08. The maximum Gasteiger partial charge on any atom is 0.209 e. The van der Waals surface area contributed by atoms with E-state index in [9.17, 15) is 0 Å². The number of thioether (sulfide) groups is 1. The van der Waals surface area contributed by atoms with Gasteiger partial charge in [0.2, 0.25) is 5.16 Å². The van der Waals surface area contributed by atoms with Crippen LogP contribution in [0.4, 0.5) is 0 Å². The van der Waals surface area contributed by atoms with Crippen LogP contribution in [0.15, 0.2) is 34.8 Å². The fourth-order valence-corrected chi connectivity index (χ4v) is 3.91. The summed E-state index contributed by atoms with van der Waals surface area (Å²) >= 11 is 3.21. The Kier molecular flexibility index (Phi) is 4.92. The lowest BCUT2D eigenvalue weighted by Crippen LogP contribution is -2.04. The molecule has 6 nitrogen and oxygen atoms in total. The summed E-state index contributed by atoms with van der Waals surface area (Å²) in [6, 6.07) is 8.16. The van der Waals surface area contributed by atoms with Crippen LogP contribution >= 0.6 is 23.1 Å². The number of hydrogen-bond acceptors (Lipinski definition) is 7. The van der Waals surface area contributed by atoms with E-state index in [-0.39, 0.29) is 6.04 Å². The van der Waals surface area contributed by atoms with Gasteiger partial charge in [-0.2, -0.15) is 0 Å². The van der Waals surface area contributed by atoms with Crippen LogP contribution < -0.4 is 4.74 Å². The predicted octanol–water partition coefficient (Wildman–Crippen LogP) is 3.68. The number of tetrazole rings is 1. The molecule has 0 aliphatic heterocycles. The number of para-hydroxylation sites is 1. The van der Waals surface area contributed by atoms with Crippen LogP contribution in [-0.2, 0) is 5.75 Å². The molecule has 3 rings (SSSR count). The van der Waals surface area contributed by atoms with Gasteiger partial charge in [-0.1, -0.05) is 23.9 Å². The Balaban J connectivity index is 1.74. The van der Waals surface area contributed by atoms with Crippen LogP contribution in [0.1, 0.15) is 25.6 Å². The molecule has 0 spiro atoms. The van der Waals surface area contributed by atoms with E-state index in [4.69, 9.17) is 9.72 Å². The van der Waals surface area contributed by atoms with Gasteiger partial charge in [-0.05, 0) is 36.4 Å². The summed E-state index contributed by atoms with van der Waals surface area (Å²) in [5.41, 5.74) is 2.03. The number of nitrogens with zero attached hydrogens (tertiary/aromatic N) is 5. The highest BCUT2D eigenvalue weighted by Crippen LogP contribution is 2.33. The molecule has 0 atom stereocenters. The van der Waals surface area contributed by atoms with Gasteiger partial charge in [0.05, 0.1) is 24.4 Å². The Morgan fingerprint density at radius 2 is 2.13 bits per heavy atom. The van der Waals surface area contributed by atoms with Gasteiger partial charge in [-0.25, -0.2) is 9.67 Å². The van der Waals surface area contributed by atoms with E-state index in [2.05, 4.69) is 34.8 Å². The molecule has 0 aliphatic carbocycles. The smallest absolute Gasteiger partial charge is 0.209 e. The predicted molar refractivity (Wildman–Crippen MR) is 91.9 cm³/mol. The minimum absolute atomic E-state index is 0.243. The maximum atomic E-state index is 5.40. The average molecular weight is 347 g/mol. The highest BCUT2D eigenvalue weighted by atomic mass is 32.2. The van der Waals surface area contributed by atoms with Gasteiger partial charge in [-0.3, -0.25) is 0 Å². The molecular weight excluding hydrogens is 330 g/mol. The fraction of sp³-hybridized carbons (Fsp3) is 0.333. The number of benzene rings is 1. The molecule has 0 amide bonds. The number of ether oxygens (including phenoxy) is 1. The zero-order valence-electron chi connectivity index (χ0n) is 13.1. The van der Waals surface area contributed by atoms with Crippen LogP contribution in [0.2, 0.25) is 0 Å². The summed E-state index contributed by atoms with van der Waals surface area (Å²) in [6.07, 6.45) is 0. The van der Waals surface area contributed by atoms with Crippen molar-refractivity contribution in [1.29, 1.82) is 0 Å². The molecule has 23 heavy (non-hydrogen) atoms. The Morgan fingerprint density at radius 3 is 2.91 bits per heavy atom. The Labute approximate surface area is 142 Å². The Morgan fingerprint density at radius 1 is 1.30 bits per heavy atom. The van der Waals surface area contributed by atoms with Crippen molar-refractivity contribution in [2.24, 2.45) is 0 Å². The molecular formula is C15H17N5OS2. The van der Waals surface area contributed by atoms with Gasteiger partial charge >= 0.3 is 0 Å². The molecule has 1 aromatic carbocycles. The van der Waals surface area contributed by atoms with Crippen molar-refractivity contribution in [3.63, 3.8) is 0 Å². The van der Waals surface area contributed by atoms with Gasteiger partial charge in [-0.15, -0.1) is 16.4 Å². The number of aromatic nitrogens is 5. The van der Waals surface area contributed by atoms with Crippen molar-refractivity contribution in [1.82, 2.24) is 25.2 Å². The van der Waals surface area contributed by atoms with Crippen molar-refractivity contribution in [2.45, 2.75) is 30.8 Å². The number of thiazole rings is 1. The van der Waals surface area contributed by atoms with Crippen molar-refractivity contribution >= 4 is 23.1 Å². The van der Waals surface area contributed by atoms with Crippen molar-refractivity contribution in [3.8, 4) is 16.3 Å². The molecule has 0 bridgehead atoms. The molecule has 0 fully saturated rings. The molecule has 8 heteroatoms. The second-order valence-corrected chi connectivity index (χ2v) is 6.93. The Hall–Kier alpha value is -1.93. The molecule has 120 valence electrons. The first kappa shape index (κ1) is 15.9. The van der Waals surface area contributed by atoms with Gasteiger partial charge in [0, 0.05) is 11.1 Å². The van der Waals surface area contributed by atoms with Gasteiger partial charge in [0.15, 0.2) is 0 Å². The standard InChI is InChI=1S/C15H17N5OS2/c1-10(2)20-15(17-18-19-20)23-9-11-8-22-14(16-11)12-6-4-5-7-13(12)21-3/h4-8,10H,9H2,1-3H3. The van der Waals surface area contributed by atoms with Crippen molar-refractivity contribution in [2.75, 3.05) is 7.11 Å². The van der Waals surface area contributed by atoms with Crippen LogP contribution in [0.25, 0.3) is 10.6 Å². The third kappa shape index (κ3) is 3.53. The minimum Gasteiger partial charge on any atom is -0.496 e. The highest BCUT2D eigenvalue weighted by Gasteiger charge is 2.13. The number of hydrogen-bond donors (Lipinski definition) is 0. The first-order valence-electron chi connectivity index (χ1n) is 7.17. The second kappa shape index (κ2) is 7.10. The summed E-state index contributed by atoms with van der Waals surface area (Å²) in [4.78, 5) is 4.70. The first-order valence-corrected chi connectivity index (χ1v) is 9.04. The van der Waals surface area contributed by atoms with E-state index < -0.39 is 0 Å². The SMILES string of the molecule is COc1ccccc1-c1nc(CSc2nnnn2C(C)C)cs1. The summed E-state index contributed by atoms with van der Waals surface area (Å²) in [7, 11) is 1.68. The normalized spacial score (nSPS) is 11.1. The molecule has 2 heterocycles. The van der Waals surface area contributed by atoms with Crippen LogP contribution in [0.3, 0.4) is 0 Å². The second-order valence-electron chi connectivity index (χ2n) is 5.13. The lowest BCUT2D eigenvalue weighted by Gasteiger charge is -2.06. The zero-order chi connectivity index (χ0) is 16.2. The molecule has 0 aliphatic rings. The van der Waals surface area contributed by atoms with Gasteiger partial charge < -0.3 is 4.74 Å². The first-order chi connectivity index (χ1) is 11.2. The topological polar surface area (TPSA) is 65.7 Å². The number of rotatable bonds is 6. The molecule has 0 unspecified atom stereocenters. The summed E-state index contributed by atoms with van der Waals surface area (Å²) in [5.74, 6) is 1.57. The van der Waals surface area contributed by atoms with E-state index in [0.717, 1.165) is 32.9 Å². The van der Waals surface area contributed by atoms with Crippen LogP contribution in [-0.4, -0.2) is 32.3 Å². The zero-order valence-corrected chi connectivity index (χ0v) is 14.8. The van der Waals surface area contributed by atoms with Crippen molar-refractivity contribution in [3.05, 3.63) is 35.3 Å². The molecule has 0 saturated carbocycles. The molecule has 2 aromatic heterocycles. The van der Waals surface area contributed by atoms with Gasteiger partial charge in [0.1, 0.15) is 10.8 Å². The number of methoxy groups -OCH3 is 1. The van der Waals surface area contributed by atoms with E-state index in [1.165, 1.54) is 0 Å². The van der Waals surface area contributed by atoms with Crippen molar-refractivity contribution < 1.29 is 4.74 Å². The van der Waals surface area contributed by atoms with Crippen LogP contribution in [0, 0.1) is 0 Å². The fourth-order valence-electron chi connectivity index (χ4n) is 2.06. The monoisotopic (exact) mass is 347 g/mol. The van der Waals surface area contributed by atoms with E-state index in [1.54, 1.807) is 30.2 Å². The lowest BCUT2D eigenvalue weighted by atomic mass is 10.2. The minimum atomic E-state index is 0.243. The van der Waals surface area contributed by atoms with Gasteiger partial charge in [0.25, 0.3) is 0 Å². The maximum absolute atomic E-state index is 5.40. The largest absolute Gasteiger partial charge is 0.496 e. The van der Waals surface area contributed by atoms with E-state index in [0.29, 0.717) is 0 Å². The van der Waals surface area contributed by atoms with E-state index >= 15 is 0 Å². The summed E-state index contributed by atoms with van der Waals surface area (Å²) in [6.45, 7) is 4.12. The highest BCUT2D eigenvalue weighted by molar-refractivity contribution is 7.98. The molecule has 3 aromatic rings. The quantitative estimate of drug-likeness (QED) is 0.634. The average Bonchev–Trinajstić information content (AvgIpc) is 3.22. The van der Waals surface area contributed by atoms with E-state index in [1.807, 2.05) is 28.9 Å². The third-order valence-electron chi connectivity index (χ3n) is 3.19. The molecule has 0 saturated heterocycles. The Bertz CT molecular complexity index is 784. The molecule has 0 N–H and O–H groups in total. The summed E-state index contributed by atoms with van der Waals surface area (Å²) in [5, 5.41) is 15.6. The van der Waals surface area contributed by atoms with Crippen LogP contribution in [0.5, 0.6) is 5.75 Å².